The van der Waals surface area contributed by atoms with Crippen molar-refractivity contribution in [2.45, 2.75) is 65.5 Å². The molecule has 0 N–H and O–H groups in total. The summed E-state index contributed by atoms with van der Waals surface area (Å²) < 4.78 is 2.24. The number of aryl methyl sites for hydroxylation is 1. The molecule has 0 atom stereocenters. The van der Waals surface area contributed by atoms with E-state index in [1.54, 1.807) is 0 Å². The first kappa shape index (κ1) is 22.9. The van der Waals surface area contributed by atoms with Crippen LogP contribution in [0, 0.1) is 0 Å². The lowest BCUT2D eigenvalue weighted by molar-refractivity contribution is 0.0739. The first-order valence-electron chi connectivity index (χ1n) is 11.8. The number of rotatable bonds is 12. The molecule has 1 aromatic heterocycles. The van der Waals surface area contributed by atoms with E-state index in [2.05, 4.69) is 73.1 Å². The van der Waals surface area contributed by atoms with Crippen LogP contribution in [0.5, 0.6) is 0 Å². The molecule has 1 amide bonds. The molecule has 0 saturated carbocycles. The second kappa shape index (κ2) is 12.1. The number of aromatic nitrogens is 1. The van der Waals surface area contributed by atoms with Gasteiger partial charge < -0.3 is 9.47 Å². The molecule has 164 valence electrons. The highest BCUT2D eigenvalue weighted by atomic mass is 16.2. The fraction of sp³-hybridized carbons (Fsp3) is 0.393. The molecule has 0 fully saturated rings. The van der Waals surface area contributed by atoms with Crippen molar-refractivity contribution in [3.8, 4) is 0 Å². The Bertz CT molecular complexity index is 912. The molecular formula is C28H36N2O. The minimum absolute atomic E-state index is 0.117. The van der Waals surface area contributed by atoms with Crippen molar-refractivity contribution in [2.24, 2.45) is 0 Å². The molecule has 0 aliphatic rings. The van der Waals surface area contributed by atoms with Gasteiger partial charge in [0.15, 0.2) is 0 Å². The Morgan fingerprint density at radius 3 is 2.29 bits per heavy atom. The zero-order chi connectivity index (χ0) is 21.9. The largest absolute Gasteiger partial charge is 0.345 e. The molecular weight excluding hydrogens is 380 g/mol. The van der Waals surface area contributed by atoms with Crippen molar-refractivity contribution in [1.29, 1.82) is 0 Å². The number of amides is 1. The van der Waals surface area contributed by atoms with Crippen LogP contribution in [0.1, 0.15) is 73.1 Å². The van der Waals surface area contributed by atoms with Crippen molar-refractivity contribution >= 4 is 5.91 Å². The summed E-state index contributed by atoms with van der Waals surface area (Å²) in [7, 11) is 0. The average molecular weight is 417 g/mol. The maximum Gasteiger partial charge on any atom is 0.254 e. The predicted octanol–water partition coefficient (Wildman–Crippen LogP) is 6.71. The third kappa shape index (κ3) is 6.85. The lowest BCUT2D eigenvalue weighted by atomic mass is 10.0. The van der Waals surface area contributed by atoms with Crippen molar-refractivity contribution in [3.05, 3.63) is 95.3 Å². The number of carbonyl (C=O) groups excluding carboxylic acids is 1. The molecule has 0 saturated heterocycles. The fourth-order valence-corrected chi connectivity index (χ4v) is 4.00. The number of unbranched alkanes of at least 4 members (excludes halogenated alkanes) is 3. The Kier molecular flexibility index (Phi) is 8.96. The van der Waals surface area contributed by atoms with Gasteiger partial charge in [0.2, 0.25) is 0 Å². The summed E-state index contributed by atoms with van der Waals surface area (Å²) in [5, 5.41) is 0. The molecule has 2 aromatic carbocycles. The van der Waals surface area contributed by atoms with E-state index in [9.17, 15) is 4.79 Å². The van der Waals surface area contributed by atoms with E-state index in [0.29, 0.717) is 6.54 Å². The lowest BCUT2D eigenvalue weighted by Gasteiger charge is -2.23. The average Bonchev–Trinajstić information content (AvgIpc) is 3.23. The highest BCUT2D eigenvalue weighted by Gasteiger charge is 2.17. The van der Waals surface area contributed by atoms with E-state index >= 15 is 0 Å². The Morgan fingerprint density at radius 2 is 1.58 bits per heavy atom. The maximum absolute atomic E-state index is 13.3. The molecule has 3 heteroatoms. The van der Waals surface area contributed by atoms with Crippen molar-refractivity contribution < 1.29 is 4.79 Å². The summed E-state index contributed by atoms with van der Waals surface area (Å²) in [6, 6.07) is 22.9. The maximum atomic E-state index is 13.3. The quantitative estimate of drug-likeness (QED) is 0.301. The number of carbonyl (C=O) groups is 1. The zero-order valence-electron chi connectivity index (χ0n) is 19.1. The van der Waals surface area contributed by atoms with Crippen molar-refractivity contribution in [3.63, 3.8) is 0 Å². The van der Waals surface area contributed by atoms with Crippen molar-refractivity contribution in [1.82, 2.24) is 9.47 Å². The normalized spacial score (nSPS) is 10.9. The Morgan fingerprint density at radius 1 is 0.806 bits per heavy atom. The van der Waals surface area contributed by atoms with Gasteiger partial charge in [-0.25, -0.2) is 0 Å². The summed E-state index contributed by atoms with van der Waals surface area (Å²) in [5.74, 6) is 0.117. The van der Waals surface area contributed by atoms with Crippen LogP contribution >= 0.6 is 0 Å². The van der Waals surface area contributed by atoms with E-state index in [0.717, 1.165) is 37.2 Å². The van der Waals surface area contributed by atoms with Crippen LogP contribution in [0.4, 0.5) is 0 Å². The molecule has 3 nitrogen and oxygen atoms in total. The molecule has 31 heavy (non-hydrogen) atoms. The summed E-state index contributed by atoms with van der Waals surface area (Å²) >= 11 is 0. The number of hydrogen-bond donors (Lipinski definition) is 0. The molecule has 0 aliphatic carbocycles. The van der Waals surface area contributed by atoms with Crippen LogP contribution in [0.2, 0.25) is 0 Å². The summed E-state index contributed by atoms with van der Waals surface area (Å²) in [6.45, 7) is 6.58. The Labute approximate surface area is 187 Å². The molecule has 0 aliphatic heterocycles. The predicted molar refractivity (Wildman–Crippen MR) is 129 cm³/mol. The topological polar surface area (TPSA) is 25.2 Å². The lowest BCUT2D eigenvalue weighted by Crippen LogP contribution is -2.32. The van der Waals surface area contributed by atoms with Gasteiger partial charge >= 0.3 is 0 Å². The molecule has 0 radical (unpaired) electrons. The van der Waals surface area contributed by atoms with E-state index in [1.807, 2.05) is 23.1 Å². The van der Waals surface area contributed by atoms with Gasteiger partial charge in [-0.05, 0) is 54.7 Å². The minimum atomic E-state index is 0.117. The van der Waals surface area contributed by atoms with Crippen LogP contribution < -0.4 is 0 Å². The first-order valence-corrected chi connectivity index (χ1v) is 11.8. The minimum Gasteiger partial charge on any atom is -0.345 e. The molecule has 3 rings (SSSR count). The van der Waals surface area contributed by atoms with Gasteiger partial charge in [0.25, 0.3) is 5.91 Å². The second-order valence-electron chi connectivity index (χ2n) is 8.35. The molecule has 0 unspecified atom stereocenters. The van der Waals surface area contributed by atoms with Gasteiger partial charge in [-0.15, -0.1) is 0 Å². The van der Waals surface area contributed by atoms with Gasteiger partial charge in [0, 0.05) is 30.5 Å². The van der Waals surface area contributed by atoms with E-state index in [4.69, 9.17) is 0 Å². The van der Waals surface area contributed by atoms with E-state index < -0.39 is 0 Å². The molecule has 1 heterocycles. The second-order valence-corrected chi connectivity index (χ2v) is 8.35. The van der Waals surface area contributed by atoms with Gasteiger partial charge in [-0.3, -0.25) is 4.79 Å². The summed E-state index contributed by atoms with van der Waals surface area (Å²) in [4.78, 5) is 15.2. The third-order valence-corrected chi connectivity index (χ3v) is 5.77. The fourth-order valence-electron chi connectivity index (χ4n) is 4.00. The Hall–Kier alpha value is -2.81. The molecule has 3 aromatic rings. The van der Waals surface area contributed by atoms with Crippen molar-refractivity contribution in [2.75, 3.05) is 6.54 Å². The van der Waals surface area contributed by atoms with Gasteiger partial charge in [-0.1, -0.05) is 75.6 Å². The van der Waals surface area contributed by atoms with Gasteiger partial charge in [0.05, 0.1) is 6.54 Å². The zero-order valence-corrected chi connectivity index (χ0v) is 19.1. The van der Waals surface area contributed by atoms with Crippen LogP contribution in [0.25, 0.3) is 0 Å². The van der Waals surface area contributed by atoms with Crippen LogP contribution in [-0.2, 0) is 19.5 Å². The van der Waals surface area contributed by atoms with Crippen LogP contribution in [0.15, 0.2) is 72.9 Å². The Balaban J connectivity index is 1.65. The van der Waals surface area contributed by atoms with E-state index in [1.165, 1.54) is 36.8 Å². The molecule has 0 spiro atoms. The van der Waals surface area contributed by atoms with Gasteiger partial charge in [0.1, 0.15) is 0 Å². The summed E-state index contributed by atoms with van der Waals surface area (Å²) in [6.07, 6.45) is 9.21. The van der Waals surface area contributed by atoms with Crippen LogP contribution in [0.3, 0.4) is 0 Å². The number of hydrogen-bond acceptors (Lipinski definition) is 1. The van der Waals surface area contributed by atoms with Crippen LogP contribution in [-0.4, -0.2) is 21.9 Å². The summed E-state index contributed by atoms with van der Waals surface area (Å²) in [5.41, 5.74) is 4.54. The standard InChI is InChI=1S/C28H36N2O/c1-3-5-6-8-12-24-16-18-26(19-17-24)28(31)30(20-4-2)23-27-15-11-21-29(27)22-25-13-9-7-10-14-25/h7,9-11,13-19,21H,3-6,8,12,20,22-23H2,1-2H3. The SMILES string of the molecule is CCCCCCc1ccc(C(=O)N(CCC)Cc2cccn2Cc2ccccc2)cc1. The number of nitrogens with zero attached hydrogens (tertiary/aromatic N) is 2. The number of benzene rings is 2. The van der Waals surface area contributed by atoms with Gasteiger partial charge in [-0.2, -0.15) is 0 Å². The third-order valence-electron chi connectivity index (χ3n) is 5.77. The van der Waals surface area contributed by atoms with E-state index in [-0.39, 0.29) is 5.91 Å². The first-order chi connectivity index (χ1) is 15.2. The smallest absolute Gasteiger partial charge is 0.254 e. The monoisotopic (exact) mass is 416 g/mol. The highest BCUT2D eigenvalue weighted by molar-refractivity contribution is 5.94. The highest BCUT2D eigenvalue weighted by Crippen LogP contribution is 2.15. The molecule has 0 bridgehead atoms.